The Morgan fingerprint density at radius 3 is 2.25 bits per heavy atom. The summed E-state index contributed by atoms with van der Waals surface area (Å²) in [5.41, 5.74) is 0. The van der Waals surface area contributed by atoms with Gasteiger partial charge in [0.05, 0.1) is 0 Å². The lowest BCUT2D eigenvalue weighted by Gasteiger charge is -1.88. The van der Waals surface area contributed by atoms with E-state index in [2.05, 4.69) is 15.9 Å². The van der Waals surface area contributed by atoms with Crippen LogP contribution in [0.15, 0.2) is 22.4 Å². The van der Waals surface area contributed by atoms with E-state index in [1.54, 1.807) is 19.1 Å². The zero-order valence-electron chi connectivity index (χ0n) is 4.98. The molecule has 0 aromatic rings. The van der Waals surface area contributed by atoms with E-state index < -0.39 is 0 Å². The smallest absolute Gasteiger partial charge is 0.125 e. The predicted octanol–water partition coefficient (Wildman–Crippen LogP) is 2.75. The molecule has 0 spiro atoms. The van der Waals surface area contributed by atoms with Gasteiger partial charge in [0.25, 0.3) is 0 Å². The van der Waals surface area contributed by atoms with Crippen LogP contribution in [0.25, 0.3) is 0 Å². The maximum atomic E-state index is 8.87. The van der Waals surface area contributed by atoms with Gasteiger partial charge in [0, 0.05) is 4.48 Å². The average molecular weight is 177 g/mol. The lowest BCUT2D eigenvalue weighted by atomic mass is 10.4. The van der Waals surface area contributed by atoms with Crippen LogP contribution >= 0.6 is 15.9 Å². The largest absolute Gasteiger partial charge is 0.507 e. The third kappa shape index (κ3) is 2.86. The number of aliphatic hydroxyl groups is 1. The number of aliphatic hydroxyl groups excluding tert-OH is 1. The van der Waals surface area contributed by atoms with Crippen LogP contribution in [-0.2, 0) is 0 Å². The Balaban J connectivity index is 4.00. The summed E-state index contributed by atoms with van der Waals surface area (Å²) >= 11 is 3.12. The van der Waals surface area contributed by atoms with Crippen molar-refractivity contribution >= 4 is 15.9 Å². The first-order valence-corrected chi connectivity index (χ1v) is 3.15. The molecule has 0 aromatic carbocycles. The van der Waals surface area contributed by atoms with Crippen LogP contribution < -0.4 is 0 Å². The van der Waals surface area contributed by atoms with Gasteiger partial charge in [-0.05, 0) is 19.9 Å². The molecule has 0 heterocycles. The molecular formula is C6H9BrO. The molecule has 0 saturated heterocycles. The summed E-state index contributed by atoms with van der Waals surface area (Å²) < 4.78 is 0.760. The van der Waals surface area contributed by atoms with Crippen molar-refractivity contribution in [2.45, 2.75) is 13.8 Å². The molecule has 1 N–H and O–H groups in total. The first kappa shape index (κ1) is 7.76. The summed E-state index contributed by atoms with van der Waals surface area (Å²) in [4.78, 5) is 0. The molecule has 0 radical (unpaired) electrons. The van der Waals surface area contributed by atoms with Crippen molar-refractivity contribution in [3.8, 4) is 0 Å². The highest BCUT2D eigenvalue weighted by molar-refractivity contribution is 9.11. The quantitative estimate of drug-likeness (QED) is 0.482. The third-order valence-electron chi connectivity index (χ3n) is 0.677. The first-order valence-electron chi connectivity index (χ1n) is 2.36. The number of allylic oxidation sites excluding steroid dienone is 3. The van der Waals surface area contributed by atoms with Gasteiger partial charge in [0.2, 0.25) is 0 Å². The summed E-state index contributed by atoms with van der Waals surface area (Å²) in [5.74, 6) is 0.285. The molecule has 0 atom stereocenters. The molecule has 0 unspecified atom stereocenters. The topological polar surface area (TPSA) is 20.2 Å². The van der Waals surface area contributed by atoms with Crippen molar-refractivity contribution < 1.29 is 5.11 Å². The Morgan fingerprint density at radius 1 is 1.62 bits per heavy atom. The van der Waals surface area contributed by atoms with Crippen molar-refractivity contribution in [2.24, 2.45) is 0 Å². The van der Waals surface area contributed by atoms with E-state index in [1.807, 2.05) is 6.92 Å². The van der Waals surface area contributed by atoms with Gasteiger partial charge in [0.15, 0.2) is 0 Å². The highest BCUT2D eigenvalue weighted by atomic mass is 79.9. The van der Waals surface area contributed by atoms with Crippen LogP contribution in [0, 0.1) is 0 Å². The van der Waals surface area contributed by atoms with E-state index in [0.29, 0.717) is 0 Å². The molecule has 46 valence electrons. The Morgan fingerprint density at radius 2 is 2.12 bits per heavy atom. The van der Waals surface area contributed by atoms with E-state index in [-0.39, 0.29) is 5.76 Å². The number of halogens is 1. The maximum Gasteiger partial charge on any atom is 0.125 e. The second kappa shape index (κ2) is 3.72. The zero-order valence-corrected chi connectivity index (χ0v) is 6.57. The highest BCUT2D eigenvalue weighted by Gasteiger charge is 1.86. The van der Waals surface area contributed by atoms with Crippen molar-refractivity contribution in [3.63, 3.8) is 0 Å². The summed E-state index contributed by atoms with van der Waals surface area (Å²) in [5, 5.41) is 8.87. The molecular weight excluding hydrogens is 168 g/mol. The fraction of sp³-hybridized carbons (Fsp3) is 0.333. The molecule has 0 bridgehead atoms. The molecule has 0 aliphatic rings. The van der Waals surface area contributed by atoms with Crippen LogP contribution in [0.4, 0.5) is 0 Å². The van der Waals surface area contributed by atoms with Gasteiger partial charge in [-0.3, -0.25) is 0 Å². The second-order valence-corrected chi connectivity index (χ2v) is 2.61. The van der Waals surface area contributed by atoms with Gasteiger partial charge in [-0.1, -0.05) is 22.0 Å². The third-order valence-corrected chi connectivity index (χ3v) is 1.08. The minimum absolute atomic E-state index is 0.285. The monoisotopic (exact) mass is 176 g/mol. The summed E-state index contributed by atoms with van der Waals surface area (Å²) in [6, 6.07) is 0. The van der Waals surface area contributed by atoms with Gasteiger partial charge < -0.3 is 5.11 Å². The number of hydrogen-bond donors (Lipinski definition) is 1. The summed E-state index contributed by atoms with van der Waals surface area (Å²) in [6.07, 6.45) is 3.41. The number of hydrogen-bond acceptors (Lipinski definition) is 1. The van der Waals surface area contributed by atoms with Gasteiger partial charge >= 0.3 is 0 Å². The normalized spacial score (nSPS) is 14.4. The molecule has 0 aliphatic heterocycles. The predicted molar refractivity (Wildman–Crippen MR) is 39.1 cm³/mol. The zero-order chi connectivity index (χ0) is 6.57. The molecule has 0 fully saturated rings. The van der Waals surface area contributed by atoms with Gasteiger partial charge in [-0.25, -0.2) is 0 Å². The summed E-state index contributed by atoms with van der Waals surface area (Å²) in [6.45, 7) is 3.64. The van der Waals surface area contributed by atoms with Crippen LogP contribution in [0.1, 0.15) is 13.8 Å². The SMILES string of the molecule is C/C=C\C(O)=C(/C)Br. The molecule has 0 aromatic heterocycles. The van der Waals surface area contributed by atoms with E-state index in [4.69, 9.17) is 5.11 Å². The van der Waals surface area contributed by atoms with Crippen LogP contribution in [0.2, 0.25) is 0 Å². The van der Waals surface area contributed by atoms with Gasteiger partial charge in [0.1, 0.15) is 5.76 Å². The van der Waals surface area contributed by atoms with E-state index in [0.717, 1.165) is 4.48 Å². The Kier molecular flexibility index (Phi) is 3.61. The molecule has 0 saturated carbocycles. The number of rotatable bonds is 1. The fourth-order valence-electron chi connectivity index (χ4n) is 0.273. The van der Waals surface area contributed by atoms with Gasteiger partial charge in [-0.2, -0.15) is 0 Å². The van der Waals surface area contributed by atoms with Crippen LogP contribution in [0.3, 0.4) is 0 Å². The van der Waals surface area contributed by atoms with E-state index in [1.165, 1.54) is 0 Å². The molecule has 1 nitrogen and oxygen atoms in total. The van der Waals surface area contributed by atoms with Gasteiger partial charge in [-0.15, -0.1) is 0 Å². The van der Waals surface area contributed by atoms with E-state index in [9.17, 15) is 0 Å². The second-order valence-electron chi connectivity index (χ2n) is 1.42. The average Bonchev–Trinajstić information content (AvgIpc) is 1.67. The Hall–Kier alpha value is -0.240. The molecule has 0 amide bonds. The van der Waals surface area contributed by atoms with Crippen molar-refractivity contribution in [2.75, 3.05) is 0 Å². The minimum atomic E-state index is 0.285. The van der Waals surface area contributed by atoms with E-state index >= 15 is 0 Å². The standard InChI is InChI=1S/C6H9BrO/c1-3-4-6(8)5(2)7/h3-4,8H,1-2H3/b4-3-,6-5-. The first-order chi connectivity index (χ1) is 3.68. The van der Waals surface area contributed by atoms with Crippen molar-refractivity contribution in [3.05, 3.63) is 22.4 Å². The van der Waals surface area contributed by atoms with Crippen molar-refractivity contribution in [1.82, 2.24) is 0 Å². The fourth-order valence-corrected chi connectivity index (χ4v) is 0.405. The molecule has 0 rings (SSSR count). The highest BCUT2D eigenvalue weighted by Crippen LogP contribution is 2.08. The minimum Gasteiger partial charge on any atom is -0.507 e. The maximum absolute atomic E-state index is 8.87. The molecule has 8 heavy (non-hydrogen) atoms. The Bertz CT molecular complexity index is 120. The van der Waals surface area contributed by atoms with Crippen LogP contribution in [-0.4, -0.2) is 5.11 Å². The lowest BCUT2D eigenvalue weighted by Crippen LogP contribution is -1.72. The lowest BCUT2D eigenvalue weighted by molar-refractivity contribution is 0.430. The summed E-state index contributed by atoms with van der Waals surface area (Å²) in [7, 11) is 0. The van der Waals surface area contributed by atoms with Crippen molar-refractivity contribution in [1.29, 1.82) is 0 Å². The molecule has 0 aliphatic carbocycles. The Labute approximate surface area is 57.8 Å². The van der Waals surface area contributed by atoms with Crippen LogP contribution in [0.5, 0.6) is 0 Å². The molecule has 2 heteroatoms.